The van der Waals surface area contributed by atoms with Crippen molar-refractivity contribution in [2.45, 2.75) is 28.4 Å². The van der Waals surface area contributed by atoms with Crippen LogP contribution in [0.1, 0.15) is 6.42 Å². The number of hydrogen-bond acceptors (Lipinski definition) is 11. The van der Waals surface area contributed by atoms with Crippen LogP contribution in [0, 0.1) is 0 Å². The molecule has 3 rings (SSSR count). The van der Waals surface area contributed by atoms with Gasteiger partial charge in [0, 0.05) is 37.9 Å². The van der Waals surface area contributed by atoms with Crippen molar-refractivity contribution in [1.82, 2.24) is 25.3 Å². The number of aromatic nitrogens is 4. The Labute approximate surface area is 172 Å². The summed E-state index contributed by atoms with van der Waals surface area (Å²) in [6, 6.07) is 2.43. The zero-order valence-corrected chi connectivity index (χ0v) is 17.4. The van der Waals surface area contributed by atoms with E-state index in [0.717, 1.165) is 6.07 Å². The van der Waals surface area contributed by atoms with Crippen LogP contribution < -0.4 is 26.2 Å². The summed E-state index contributed by atoms with van der Waals surface area (Å²) in [7, 11) is -8.97. The van der Waals surface area contributed by atoms with Gasteiger partial charge in [-0.25, -0.2) is 26.7 Å². The molecule has 16 heteroatoms. The van der Waals surface area contributed by atoms with Crippen LogP contribution in [-0.2, 0) is 20.0 Å². The smallest absolute Gasteiger partial charge is 0.242 e. The fourth-order valence-electron chi connectivity index (χ4n) is 3.17. The summed E-state index contributed by atoms with van der Waals surface area (Å²) in [5.74, 6) is -0.145. The predicted octanol–water partition coefficient (Wildman–Crippen LogP) is -3.35. The summed E-state index contributed by atoms with van der Waals surface area (Å²) < 4.78 is 52.9. The molecule has 166 valence electrons. The summed E-state index contributed by atoms with van der Waals surface area (Å²) in [6.07, 6.45) is -0.491. The van der Waals surface area contributed by atoms with Gasteiger partial charge in [-0.2, -0.15) is 5.21 Å². The van der Waals surface area contributed by atoms with Crippen molar-refractivity contribution in [3.8, 4) is 11.4 Å². The first kappa shape index (κ1) is 22.5. The topological polar surface area (TPSA) is 236 Å². The Morgan fingerprint density at radius 2 is 2.07 bits per heavy atom. The number of hydrogen-bond donors (Lipinski definition) is 6. The van der Waals surface area contributed by atoms with Crippen molar-refractivity contribution in [3.05, 3.63) is 12.1 Å². The average Bonchev–Trinajstić information content (AvgIpc) is 3.36. The number of aliphatic hydroxyl groups is 1. The van der Waals surface area contributed by atoms with Crippen LogP contribution in [0.2, 0.25) is 0 Å². The maximum absolute atomic E-state index is 12.8. The van der Waals surface area contributed by atoms with E-state index in [2.05, 4.69) is 25.3 Å². The third-order valence-corrected chi connectivity index (χ3v) is 7.18. The zero-order valence-electron chi connectivity index (χ0n) is 15.8. The van der Waals surface area contributed by atoms with Gasteiger partial charge in [0.1, 0.15) is 9.79 Å². The number of tetrazole rings is 1. The van der Waals surface area contributed by atoms with E-state index >= 15 is 0 Å². The Bertz CT molecular complexity index is 1110. The normalized spacial score (nSPS) is 18.7. The third-order valence-electron chi connectivity index (χ3n) is 4.59. The lowest BCUT2D eigenvalue weighted by Gasteiger charge is -2.23. The number of anilines is 1. The molecule has 0 unspecified atom stereocenters. The van der Waals surface area contributed by atoms with E-state index in [9.17, 15) is 21.9 Å². The second kappa shape index (κ2) is 8.50. The SMILES string of the molecule is NC[C@@H](O)CNS(=O)(=O)c1ccc(N2CC[C@@H](N)C2)c(-c2nn[nH]n2)c1S(N)(=O)=O. The first-order valence-electron chi connectivity index (χ1n) is 8.86. The molecule has 1 aromatic heterocycles. The number of nitrogens with zero attached hydrogens (tertiary/aromatic N) is 4. The van der Waals surface area contributed by atoms with Crippen molar-refractivity contribution in [2.24, 2.45) is 16.6 Å². The molecule has 9 N–H and O–H groups in total. The first-order valence-corrected chi connectivity index (χ1v) is 11.9. The minimum atomic E-state index is -4.57. The molecule has 2 heterocycles. The van der Waals surface area contributed by atoms with E-state index in [4.69, 9.17) is 16.6 Å². The maximum Gasteiger partial charge on any atom is 0.242 e. The number of primary sulfonamides is 1. The van der Waals surface area contributed by atoms with Crippen LogP contribution >= 0.6 is 0 Å². The molecule has 30 heavy (non-hydrogen) atoms. The quantitative estimate of drug-likeness (QED) is 0.227. The van der Waals surface area contributed by atoms with Gasteiger partial charge >= 0.3 is 0 Å². The first-order chi connectivity index (χ1) is 14.0. The van der Waals surface area contributed by atoms with Crippen molar-refractivity contribution in [2.75, 3.05) is 31.1 Å². The molecule has 0 aliphatic carbocycles. The molecule has 0 amide bonds. The third kappa shape index (κ3) is 4.59. The summed E-state index contributed by atoms with van der Waals surface area (Å²) in [5.41, 5.74) is 11.5. The van der Waals surface area contributed by atoms with Crippen LogP contribution in [-0.4, -0.2) is 80.9 Å². The van der Waals surface area contributed by atoms with Gasteiger partial charge < -0.3 is 21.5 Å². The maximum atomic E-state index is 12.8. The van der Waals surface area contributed by atoms with Crippen LogP contribution in [0.5, 0.6) is 0 Å². The van der Waals surface area contributed by atoms with Gasteiger partial charge in [-0.1, -0.05) is 0 Å². The van der Waals surface area contributed by atoms with Crippen LogP contribution in [0.15, 0.2) is 21.9 Å². The van der Waals surface area contributed by atoms with Crippen molar-refractivity contribution in [1.29, 1.82) is 0 Å². The fraction of sp³-hybridized carbons (Fsp3) is 0.500. The highest BCUT2D eigenvalue weighted by Crippen LogP contribution is 2.39. The lowest BCUT2D eigenvalue weighted by Crippen LogP contribution is -2.37. The summed E-state index contributed by atoms with van der Waals surface area (Å²) in [6.45, 7) is 0.334. The zero-order chi connectivity index (χ0) is 22.1. The molecule has 0 bridgehead atoms. The number of rotatable bonds is 8. The largest absolute Gasteiger partial charge is 0.390 e. The molecule has 1 aliphatic rings. The standard InChI is InChI=1S/C14H23N9O5S2/c15-5-9(24)6-18-30(27,28)11-2-1-10(23-4-3-8(16)7-23)12(13(11)29(17,25)26)14-19-21-22-20-14/h1-2,8-9,18,24H,3-7,15-16H2,(H2,17,25,26)(H,19,20,21,22)/t8-,9-/m1/s1. The van der Waals surface area contributed by atoms with E-state index in [1.807, 2.05) is 0 Å². The Morgan fingerprint density at radius 3 is 2.60 bits per heavy atom. The second-order valence-corrected chi connectivity index (χ2v) is 10.0. The van der Waals surface area contributed by atoms with E-state index in [1.165, 1.54) is 6.07 Å². The molecular formula is C14H23N9O5S2. The second-order valence-electron chi connectivity index (χ2n) is 6.80. The van der Waals surface area contributed by atoms with E-state index in [1.54, 1.807) is 4.90 Å². The van der Waals surface area contributed by atoms with Gasteiger partial charge in [-0.05, 0) is 23.8 Å². The summed E-state index contributed by atoms with van der Waals surface area (Å²) in [4.78, 5) is 0.505. The van der Waals surface area contributed by atoms with Gasteiger partial charge in [-0.3, -0.25) is 0 Å². The van der Waals surface area contributed by atoms with Gasteiger partial charge in [0.05, 0.1) is 11.7 Å². The number of nitrogens with two attached hydrogens (primary N) is 3. The van der Waals surface area contributed by atoms with Gasteiger partial charge in [-0.15, -0.1) is 10.2 Å². The van der Waals surface area contributed by atoms with Crippen molar-refractivity contribution >= 4 is 25.7 Å². The summed E-state index contributed by atoms with van der Waals surface area (Å²) >= 11 is 0. The molecule has 1 saturated heterocycles. The molecule has 2 atom stereocenters. The van der Waals surface area contributed by atoms with Gasteiger partial charge in [0.2, 0.25) is 25.9 Å². The Balaban J connectivity index is 2.24. The minimum Gasteiger partial charge on any atom is -0.390 e. The molecule has 0 saturated carbocycles. The number of aromatic amines is 1. The summed E-state index contributed by atoms with van der Waals surface area (Å²) in [5, 5.41) is 28.3. The predicted molar refractivity (Wildman–Crippen MR) is 106 cm³/mol. The Hall–Kier alpha value is -2.21. The number of benzene rings is 1. The van der Waals surface area contributed by atoms with Gasteiger partial charge in [0.25, 0.3) is 0 Å². The van der Waals surface area contributed by atoms with Gasteiger partial charge in [0.15, 0.2) is 0 Å². The lowest BCUT2D eigenvalue weighted by molar-refractivity contribution is 0.186. The average molecular weight is 462 g/mol. The molecule has 14 nitrogen and oxygen atoms in total. The Kier molecular flexibility index (Phi) is 6.37. The molecule has 0 radical (unpaired) electrons. The highest BCUT2D eigenvalue weighted by molar-refractivity contribution is 7.92. The number of H-pyrrole nitrogens is 1. The fourth-order valence-corrected chi connectivity index (χ4v) is 5.83. The van der Waals surface area contributed by atoms with Crippen LogP contribution in [0.3, 0.4) is 0 Å². The monoisotopic (exact) mass is 461 g/mol. The van der Waals surface area contributed by atoms with E-state index < -0.39 is 42.5 Å². The number of nitrogens with one attached hydrogen (secondary N) is 2. The molecule has 1 aliphatic heterocycles. The van der Waals surface area contributed by atoms with E-state index in [0.29, 0.717) is 25.2 Å². The van der Waals surface area contributed by atoms with Crippen LogP contribution in [0.4, 0.5) is 5.69 Å². The molecule has 0 spiro atoms. The van der Waals surface area contributed by atoms with Crippen molar-refractivity contribution in [3.63, 3.8) is 0 Å². The number of aliphatic hydroxyl groups excluding tert-OH is 1. The molecular weight excluding hydrogens is 438 g/mol. The Morgan fingerprint density at radius 1 is 1.33 bits per heavy atom. The molecule has 2 aromatic rings. The van der Waals surface area contributed by atoms with Crippen LogP contribution in [0.25, 0.3) is 11.4 Å². The lowest BCUT2D eigenvalue weighted by atomic mass is 10.1. The van der Waals surface area contributed by atoms with E-state index in [-0.39, 0.29) is 24.0 Å². The minimum absolute atomic E-state index is 0.109. The number of sulfonamides is 2. The van der Waals surface area contributed by atoms with Crippen molar-refractivity contribution < 1.29 is 21.9 Å². The molecule has 1 aromatic carbocycles. The highest BCUT2D eigenvalue weighted by atomic mass is 32.2. The highest BCUT2D eigenvalue weighted by Gasteiger charge is 2.34. The molecule has 1 fully saturated rings.